The van der Waals surface area contributed by atoms with Gasteiger partial charge >= 0.3 is 0 Å². The molecule has 0 unspecified atom stereocenters. The molecule has 2 amide bonds. The molecule has 4 N–H and O–H groups in total. The maximum absolute atomic E-state index is 13.3. The summed E-state index contributed by atoms with van der Waals surface area (Å²) in [4.78, 5) is 32.4. The summed E-state index contributed by atoms with van der Waals surface area (Å²) in [6.07, 6.45) is 0. The predicted molar refractivity (Wildman–Crippen MR) is 125 cm³/mol. The van der Waals surface area contributed by atoms with Crippen LogP contribution in [0.4, 0.5) is 0 Å². The highest BCUT2D eigenvalue weighted by Gasteiger charge is 2.40. The van der Waals surface area contributed by atoms with Crippen LogP contribution in [0.25, 0.3) is 0 Å². The minimum absolute atomic E-state index is 0.160. The quantitative estimate of drug-likeness (QED) is 0.343. The average molecular weight is 488 g/mol. The lowest BCUT2D eigenvalue weighted by molar-refractivity contribution is -0.137. The second-order valence-electron chi connectivity index (χ2n) is 7.20. The third kappa shape index (κ3) is 4.77. The number of halogens is 2. The van der Waals surface area contributed by atoms with E-state index in [0.717, 1.165) is 22.4 Å². The Balaban J connectivity index is 1.60. The van der Waals surface area contributed by atoms with Crippen LogP contribution in [0.2, 0.25) is 10.0 Å². The zero-order valence-electron chi connectivity index (χ0n) is 16.7. The first kappa shape index (κ1) is 22.6. The average Bonchev–Trinajstić information content (AvgIpc) is 2.79. The van der Waals surface area contributed by atoms with Crippen molar-refractivity contribution < 1.29 is 14.4 Å². The number of hydroxylamine groups is 1. The number of benzene rings is 3. The first-order valence-electron chi connectivity index (χ1n) is 9.70. The van der Waals surface area contributed by atoms with Crippen LogP contribution in [-0.2, 0) is 16.2 Å². The van der Waals surface area contributed by atoms with Gasteiger partial charge in [0.15, 0.2) is 0 Å². The first-order chi connectivity index (χ1) is 15.5. The summed E-state index contributed by atoms with van der Waals surface area (Å²) in [5, 5.41) is 9.32. The molecular formula is C23H19Cl2N3O3S. The molecule has 1 heterocycles. The van der Waals surface area contributed by atoms with Gasteiger partial charge in [0, 0.05) is 20.5 Å². The third-order valence-corrected chi connectivity index (χ3v) is 6.28. The SMILES string of the molecule is NSc1cccc(CONC(=O)[C@@H]2c3ccccc3C(=O)N[C@H]2c2ccc(Cl)cc2Cl)c1. The fourth-order valence-electron chi connectivity index (χ4n) is 3.72. The number of amides is 2. The summed E-state index contributed by atoms with van der Waals surface area (Å²) in [7, 11) is 0. The molecule has 0 aromatic heterocycles. The topological polar surface area (TPSA) is 93.4 Å². The van der Waals surface area contributed by atoms with Crippen molar-refractivity contribution in [1.82, 2.24) is 10.8 Å². The van der Waals surface area contributed by atoms with Crippen molar-refractivity contribution in [1.29, 1.82) is 0 Å². The molecule has 3 aromatic carbocycles. The fraction of sp³-hybridized carbons (Fsp3) is 0.130. The molecule has 0 radical (unpaired) electrons. The summed E-state index contributed by atoms with van der Waals surface area (Å²) in [6, 6.07) is 18.7. The van der Waals surface area contributed by atoms with Crippen LogP contribution >= 0.6 is 35.1 Å². The highest BCUT2D eigenvalue weighted by Crippen LogP contribution is 2.40. The summed E-state index contributed by atoms with van der Waals surface area (Å²) in [6.45, 7) is 0.160. The first-order valence-corrected chi connectivity index (χ1v) is 11.3. The maximum Gasteiger partial charge on any atom is 0.253 e. The normalized spacial score (nSPS) is 17.4. The van der Waals surface area contributed by atoms with E-state index in [2.05, 4.69) is 10.8 Å². The summed E-state index contributed by atoms with van der Waals surface area (Å²) in [5.74, 6) is -1.44. The van der Waals surface area contributed by atoms with Gasteiger partial charge in [-0.1, -0.05) is 59.6 Å². The van der Waals surface area contributed by atoms with Gasteiger partial charge in [-0.25, -0.2) is 5.48 Å². The summed E-state index contributed by atoms with van der Waals surface area (Å²) < 4.78 is 0. The Kier molecular flexibility index (Phi) is 7.03. The van der Waals surface area contributed by atoms with E-state index < -0.39 is 17.9 Å². The second-order valence-corrected chi connectivity index (χ2v) is 8.75. The van der Waals surface area contributed by atoms with Crippen LogP contribution in [-0.4, -0.2) is 11.8 Å². The Morgan fingerprint density at radius 2 is 1.88 bits per heavy atom. The highest BCUT2D eigenvalue weighted by molar-refractivity contribution is 7.97. The molecule has 0 aliphatic carbocycles. The molecule has 1 aliphatic rings. The number of rotatable bonds is 6. The van der Waals surface area contributed by atoms with Crippen molar-refractivity contribution in [3.05, 3.63) is 99.0 Å². The number of carbonyl (C=O) groups excluding carboxylic acids is 2. The number of hydrogen-bond donors (Lipinski definition) is 3. The largest absolute Gasteiger partial charge is 0.344 e. The number of fused-ring (bicyclic) bond motifs is 1. The minimum Gasteiger partial charge on any atom is -0.344 e. The molecule has 6 nitrogen and oxygen atoms in total. The Morgan fingerprint density at radius 3 is 2.66 bits per heavy atom. The molecule has 4 rings (SSSR count). The number of carbonyl (C=O) groups is 2. The van der Waals surface area contributed by atoms with Crippen LogP contribution in [0, 0.1) is 0 Å². The van der Waals surface area contributed by atoms with Crippen LogP contribution in [0.1, 0.15) is 39.0 Å². The van der Waals surface area contributed by atoms with Crippen LogP contribution in [0.5, 0.6) is 0 Å². The Bertz CT molecular complexity index is 1170. The lowest BCUT2D eigenvalue weighted by Gasteiger charge is -2.33. The standard InChI is InChI=1S/C23H19Cl2N3O3S/c24-14-8-9-18(19(25)11-14)21-20(16-6-1-2-7-17(16)22(29)27-21)23(30)28-31-12-13-4-3-5-15(10-13)32-26/h1-11,20-21H,12,26H2,(H,27,29)(H,28,30)/t20-,21+/m1/s1. The third-order valence-electron chi connectivity index (χ3n) is 5.19. The summed E-state index contributed by atoms with van der Waals surface area (Å²) in [5.41, 5.74) is 5.00. The van der Waals surface area contributed by atoms with Gasteiger partial charge in [-0.15, -0.1) is 0 Å². The Morgan fingerprint density at radius 1 is 1.06 bits per heavy atom. The van der Waals surface area contributed by atoms with Crippen molar-refractivity contribution >= 4 is 47.0 Å². The van der Waals surface area contributed by atoms with E-state index in [0.29, 0.717) is 26.7 Å². The van der Waals surface area contributed by atoms with Gasteiger partial charge in [0.05, 0.1) is 18.6 Å². The zero-order valence-corrected chi connectivity index (χ0v) is 19.0. The molecule has 9 heteroatoms. The van der Waals surface area contributed by atoms with Crippen LogP contribution in [0.3, 0.4) is 0 Å². The van der Waals surface area contributed by atoms with E-state index in [1.54, 1.807) is 42.5 Å². The lowest BCUT2D eigenvalue weighted by atomic mass is 9.80. The van der Waals surface area contributed by atoms with Crippen molar-refractivity contribution in [2.75, 3.05) is 0 Å². The molecule has 2 atom stereocenters. The molecule has 1 aliphatic heterocycles. The van der Waals surface area contributed by atoms with Gasteiger partial charge in [0.25, 0.3) is 11.8 Å². The number of hydrogen-bond acceptors (Lipinski definition) is 5. The lowest BCUT2D eigenvalue weighted by Crippen LogP contribution is -2.44. The smallest absolute Gasteiger partial charge is 0.253 e. The molecule has 0 fully saturated rings. The molecule has 3 aromatic rings. The van der Waals surface area contributed by atoms with Crippen LogP contribution in [0.15, 0.2) is 71.6 Å². The molecule has 0 spiro atoms. The van der Waals surface area contributed by atoms with E-state index in [1.165, 1.54) is 0 Å². The minimum atomic E-state index is -0.756. The second kappa shape index (κ2) is 9.94. The van der Waals surface area contributed by atoms with Gasteiger partial charge in [0.2, 0.25) is 0 Å². The van der Waals surface area contributed by atoms with Crippen LogP contribution < -0.4 is 15.9 Å². The van der Waals surface area contributed by atoms with Gasteiger partial charge < -0.3 is 5.32 Å². The monoisotopic (exact) mass is 487 g/mol. The molecular weight excluding hydrogens is 469 g/mol. The van der Waals surface area contributed by atoms with Gasteiger partial charge in [-0.05, 0) is 59.0 Å². The van der Waals surface area contributed by atoms with E-state index in [9.17, 15) is 9.59 Å². The van der Waals surface area contributed by atoms with E-state index >= 15 is 0 Å². The van der Waals surface area contributed by atoms with Gasteiger partial charge in [-0.2, -0.15) is 0 Å². The fourth-order valence-corrected chi connectivity index (χ4v) is 4.63. The number of nitrogens with two attached hydrogens (primary N) is 1. The van der Waals surface area contributed by atoms with Crippen molar-refractivity contribution in [3.63, 3.8) is 0 Å². The van der Waals surface area contributed by atoms with Crippen molar-refractivity contribution in [3.8, 4) is 0 Å². The predicted octanol–water partition coefficient (Wildman–Crippen LogP) is 4.78. The highest BCUT2D eigenvalue weighted by atomic mass is 35.5. The van der Waals surface area contributed by atoms with E-state index in [-0.39, 0.29) is 12.5 Å². The van der Waals surface area contributed by atoms with E-state index in [4.69, 9.17) is 33.2 Å². The van der Waals surface area contributed by atoms with Gasteiger partial charge in [0.1, 0.15) is 0 Å². The zero-order chi connectivity index (χ0) is 22.7. The molecule has 32 heavy (non-hydrogen) atoms. The van der Waals surface area contributed by atoms with Crippen molar-refractivity contribution in [2.45, 2.75) is 23.5 Å². The molecule has 0 bridgehead atoms. The molecule has 164 valence electrons. The Hall–Kier alpha value is -2.55. The maximum atomic E-state index is 13.3. The summed E-state index contributed by atoms with van der Waals surface area (Å²) >= 11 is 13.6. The van der Waals surface area contributed by atoms with E-state index in [1.807, 2.05) is 24.3 Å². The van der Waals surface area contributed by atoms with Gasteiger partial charge in [-0.3, -0.25) is 19.6 Å². The molecule has 0 saturated carbocycles. The van der Waals surface area contributed by atoms with Crippen molar-refractivity contribution in [2.24, 2.45) is 5.14 Å². The molecule has 0 saturated heterocycles. The Labute approximate surface area is 199 Å². The number of nitrogens with one attached hydrogen (secondary N) is 2.